The second-order valence-corrected chi connectivity index (χ2v) is 8.08. The number of hydrogen-bond acceptors (Lipinski definition) is 7. The van der Waals surface area contributed by atoms with Gasteiger partial charge in [0.05, 0.1) is 34.4 Å². The first-order valence-corrected chi connectivity index (χ1v) is 10.5. The zero-order chi connectivity index (χ0) is 23.2. The first-order chi connectivity index (χ1) is 15.3. The summed E-state index contributed by atoms with van der Waals surface area (Å²) in [5, 5.41) is 0. The van der Waals surface area contributed by atoms with Crippen LogP contribution in [0.4, 0.5) is 0 Å². The Morgan fingerprint density at radius 2 is 1.31 bits per heavy atom. The Morgan fingerprint density at radius 1 is 0.812 bits per heavy atom. The monoisotopic (exact) mass is 439 g/mol. The number of likely N-dealkylation sites (N-methyl/N-ethyl adjacent to an activating group) is 1. The number of fused-ring (bicyclic) bond motifs is 5. The molecule has 3 unspecified atom stereocenters. The molecule has 0 spiro atoms. The molecule has 0 radical (unpaired) electrons. The van der Waals surface area contributed by atoms with Gasteiger partial charge in [0.25, 0.3) is 0 Å². The fourth-order valence-electron chi connectivity index (χ4n) is 4.91. The van der Waals surface area contributed by atoms with Crippen LogP contribution in [0.1, 0.15) is 54.1 Å². The van der Waals surface area contributed by atoms with Crippen LogP contribution < -0.4 is 18.9 Å². The maximum Gasteiger partial charge on any atom is 0.307 e. The van der Waals surface area contributed by atoms with Crippen LogP contribution in [0.3, 0.4) is 0 Å². The number of carbonyl (C=O) groups excluding carboxylic acids is 1. The van der Waals surface area contributed by atoms with Gasteiger partial charge in [0.2, 0.25) is 0 Å². The highest BCUT2D eigenvalue weighted by Crippen LogP contribution is 2.56. The van der Waals surface area contributed by atoms with Crippen molar-refractivity contribution in [1.82, 2.24) is 4.90 Å². The van der Waals surface area contributed by atoms with E-state index in [1.807, 2.05) is 30.3 Å². The standard InChI is InChI=1S/C25H29NO6/c1-13-16-10-20(29-5)22(31-7)12-18(16)24-23(32-14(2)27)9-15-8-19(28-4)21(30-6)11-17(15)25(24)26(13)3/h8-13,24-25H,1-7H3. The van der Waals surface area contributed by atoms with Gasteiger partial charge in [0.1, 0.15) is 5.76 Å². The maximum atomic E-state index is 12.0. The molecule has 1 aliphatic carbocycles. The summed E-state index contributed by atoms with van der Waals surface area (Å²) in [6, 6.07) is 7.96. The number of hydrogen-bond donors (Lipinski definition) is 0. The molecular weight excluding hydrogens is 410 g/mol. The first kappa shape index (κ1) is 22.0. The van der Waals surface area contributed by atoms with Crippen molar-refractivity contribution in [1.29, 1.82) is 0 Å². The zero-order valence-electron chi connectivity index (χ0n) is 19.5. The van der Waals surface area contributed by atoms with E-state index in [2.05, 4.69) is 18.9 Å². The number of carbonyl (C=O) groups is 1. The Labute approximate surface area is 188 Å². The molecule has 0 saturated heterocycles. The van der Waals surface area contributed by atoms with E-state index in [1.165, 1.54) is 6.92 Å². The molecule has 0 fully saturated rings. The third-order valence-electron chi connectivity index (χ3n) is 6.51. The second-order valence-electron chi connectivity index (χ2n) is 8.08. The molecule has 7 heteroatoms. The van der Waals surface area contributed by atoms with E-state index < -0.39 is 0 Å². The molecule has 0 N–H and O–H groups in total. The van der Waals surface area contributed by atoms with E-state index in [0.29, 0.717) is 28.8 Å². The maximum absolute atomic E-state index is 12.0. The lowest BCUT2D eigenvalue weighted by atomic mass is 9.72. The van der Waals surface area contributed by atoms with Gasteiger partial charge in [0, 0.05) is 19.0 Å². The van der Waals surface area contributed by atoms with Gasteiger partial charge in [-0.2, -0.15) is 0 Å². The average Bonchev–Trinajstić information content (AvgIpc) is 2.79. The molecule has 0 aromatic heterocycles. The van der Waals surface area contributed by atoms with Crippen LogP contribution >= 0.6 is 0 Å². The molecule has 1 heterocycles. The van der Waals surface area contributed by atoms with Crippen molar-refractivity contribution in [2.75, 3.05) is 35.5 Å². The van der Waals surface area contributed by atoms with Crippen molar-refractivity contribution < 1.29 is 28.5 Å². The largest absolute Gasteiger partial charge is 0.493 e. The molecule has 170 valence electrons. The SMILES string of the molecule is COc1cc2c(cc1OC)C1C(C(OC(C)=O)=C2)c2cc(OC)c(OC)cc2C(C)N1C. The topological polar surface area (TPSA) is 66.5 Å². The van der Waals surface area contributed by atoms with Gasteiger partial charge in [-0.15, -0.1) is 0 Å². The van der Waals surface area contributed by atoms with Crippen molar-refractivity contribution >= 4 is 12.0 Å². The molecule has 2 aromatic rings. The molecule has 32 heavy (non-hydrogen) atoms. The molecule has 0 amide bonds. The molecular formula is C25H29NO6. The summed E-state index contributed by atoms with van der Waals surface area (Å²) in [4.78, 5) is 14.3. The fourth-order valence-corrected chi connectivity index (χ4v) is 4.91. The van der Waals surface area contributed by atoms with Crippen molar-refractivity contribution in [3.63, 3.8) is 0 Å². The van der Waals surface area contributed by atoms with Crippen molar-refractivity contribution in [3.8, 4) is 23.0 Å². The summed E-state index contributed by atoms with van der Waals surface area (Å²) < 4.78 is 28.0. The molecule has 7 nitrogen and oxygen atoms in total. The Hall–Kier alpha value is -3.19. The molecule has 4 rings (SSSR count). The van der Waals surface area contributed by atoms with Gasteiger partial charge >= 0.3 is 5.97 Å². The molecule has 0 saturated carbocycles. The summed E-state index contributed by atoms with van der Waals surface area (Å²) >= 11 is 0. The highest BCUT2D eigenvalue weighted by molar-refractivity contribution is 5.73. The van der Waals surface area contributed by atoms with Crippen LogP contribution in [-0.4, -0.2) is 46.4 Å². The van der Waals surface area contributed by atoms with E-state index in [-0.39, 0.29) is 24.0 Å². The van der Waals surface area contributed by atoms with Gasteiger partial charge < -0.3 is 23.7 Å². The predicted octanol–water partition coefficient (Wildman–Crippen LogP) is 4.47. The molecule has 3 atom stereocenters. The van der Waals surface area contributed by atoms with E-state index in [0.717, 1.165) is 22.3 Å². The van der Waals surface area contributed by atoms with Crippen molar-refractivity contribution in [2.24, 2.45) is 0 Å². The van der Waals surface area contributed by atoms with E-state index in [9.17, 15) is 4.79 Å². The number of esters is 1. The lowest BCUT2D eigenvalue weighted by Crippen LogP contribution is -2.40. The van der Waals surface area contributed by atoms with E-state index >= 15 is 0 Å². The number of rotatable bonds is 5. The lowest BCUT2D eigenvalue weighted by Gasteiger charge is -2.47. The summed E-state index contributed by atoms with van der Waals surface area (Å²) in [6.07, 6.45) is 1.92. The third kappa shape index (κ3) is 3.37. The Morgan fingerprint density at radius 3 is 1.84 bits per heavy atom. The predicted molar refractivity (Wildman–Crippen MR) is 120 cm³/mol. The van der Waals surface area contributed by atoms with Crippen LogP contribution in [0, 0.1) is 0 Å². The van der Waals surface area contributed by atoms with Crippen LogP contribution in [0.25, 0.3) is 6.08 Å². The molecule has 2 aromatic carbocycles. The van der Waals surface area contributed by atoms with Gasteiger partial charge in [-0.25, -0.2) is 0 Å². The minimum Gasteiger partial charge on any atom is -0.493 e. The van der Waals surface area contributed by atoms with Crippen LogP contribution in [0.5, 0.6) is 23.0 Å². The van der Waals surface area contributed by atoms with E-state index in [1.54, 1.807) is 28.4 Å². The van der Waals surface area contributed by atoms with Crippen LogP contribution in [-0.2, 0) is 9.53 Å². The van der Waals surface area contributed by atoms with Gasteiger partial charge in [0.15, 0.2) is 23.0 Å². The number of benzene rings is 2. The van der Waals surface area contributed by atoms with Crippen molar-refractivity contribution in [3.05, 3.63) is 52.3 Å². The highest BCUT2D eigenvalue weighted by Gasteiger charge is 2.45. The van der Waals surface area contributed by atoms with Crippen LogP contribution in [0.15, 0.2) is 30.0 Å². The minimum atomic E-state index is -0.359. The van der Waals surface area contributed by atoms with Crippen molar-refractivity contribution in [2.45, 2.75) is 31.8 Å². The van der Waals surface area contributed by atoms with Gasteiger partial charge in [-0.1, -0.05) is 0 Å². The fraction of sp³-hybridized carbons (Fsp3) is 0.400. The number of methoxy groups -OCH3 is 4. The molecule has 1 aliphatic heterocycles. The molecule has 2 aliphatic rings. The number of ether oxygens (including phenoxy) is 5. The summed E-state index contributed by atoms with van der Waals surface area (Å²) in [6.45, 7) is 3.58. The average molecular weight is 440 g/mol. The van der Waals surface area contributed by atoms with E-state index in [4.69, 9.17) is 23.7 Å². The summed E-state index contributed by atoms with van der Waals surface area (Å²) in [7, 11) is 8.57. The zero-order valence-corrected chi connectivity index (χ0v) is 19.5. The van der Waals surface area contributed by atoms with Gasteiger partial charge in [-0.05, 0) is 66.6 Å². The summed E-state index contributed by atoms with van der Waals surface area (Å²) in [5.41, 5.74) is 4.17. The Kier molecular flexibility index (Phi) is 5.77. The number of nitrogens with zero attached hydrogens (tertiary/aromatic N) is 1. The third-order valence-corrected chi connectivity index (χ3v) is 6.51. The summed E-state index contributed by atoms with van der Waals surface area (Å²) in [5.74, 6) is 2.62. The highest BCUT2D eigenvalue weighted by atomic mass is 16.5. The van der Waals surface area contributed by atoms with Crippen LogP contribution in [0.2, 0.25) is 0 Å². The Balaban J connectivity index is 2.00. The molecule has 0 bridgehead atoms. The minimum absolute atomic E-state index is 0.0789. The quantitative estimate of drug-likeness (QED) is 0.637. The normalized spacial score (nSPS) is 21.5. The Bertz CT molecular complexity index is 1090. The van der Waals surface area contributed by atoms with Gasteiger partial charge in [-0.3, -0.25) is 9.69 Å². The lowest BCUT2D eigenvalue weighted by molar-refractivity contribution is -0.137. The smallest absolute Gasteiger partial charge is 0.307 e. The first-order valence-electron chi connectivity index (χ1n) is 10.5. The second kappa shape index (κ2) is 8.39.